The predicted molar refractivity (Wildman–Crippen MR) is 85.5 cm³/mol. The van der Waals surface area contributed by atoms with Crippen LogP contribution in [0.4, 0.5) is 5.69 Å². The van der Waals surface area contributed by atoms with E-state index in [0.717, 1.165) is 30.6 Å². The van der Waals surface area contributed by atoms with E-state index in [1.54, 1.807) is 6.20 Å². The Bertz CT molecular complexity index is 552. The first-order chi connectivity index (χ1) is 10.3. The van der Waals surface area contributed by atoms with E-state index in [1.165, 1.54) is 0 Å². The monoisotopic (exact) mass is 283 g/mol. The zero-order valence-electron chi connectivity index (χ0n) is 12.3. The average Bonchev–Trinajstić information content (AvgIpc) is 2.54. The third-order valence-electron chi connectivity index (χ3n) is 3.15. The molecule has 0 radical (unpaired) electrons. The minimum absolute atomic E-state index is 0.0408. The van der Waals surface area contributed by atoms with Gasteiger partial charge in [-0.25, -0.2) is 0 Å². The van der Waals surface area contributed by atoms with Gasteiger partial charge in [0.25, 0.3) is 5.91 Å². The molecule has 1 heterocycles. The van der Waals surface area contributed by atoms with Crippen LogP contribution in [0.3, 0.4) is 0 Å². The van der Waals surface area contributed by atoms with E-state index in [2.05, 4.69) is 22.5 Å². The van der Waals surface area contributed by atoms with Gasteiger partial charge in [0.05, 0.1) is 0 Å². The normalized spacial score (nSPS) is 10.1. The summed E-state index contributed by atoms with van der Waals surface area (Å²) >= 11 is 0. The predicted octanol–water partition coefficient (Wildman–Crippen LogP) is 2.88. The number of benzene rings is 1. The van der Waals surface area contributed by atoms with Crippen LogP contribution < -0.4 is 10.6 Å². The average molecular weight is 283 g/mol. The van der Waals surface area contributed by atoms with Crippen molar-refractivity contribution >= 4 is 11.6 Å². The Hall–Kier alpha value is -2.36. The summed E-state index contributed by atoms with van der Waals surface area (Å²) in [6.07, 6.45) is 5.43. The van der Waals surface area contributed by atoms with Crippen molar-refractivity contribution in [2.45, 2.75) is 19.8 Å². The summed E-state index contributed by atoms with van der Waals surface area (Å²) in [7, 11) is 0. The lowest BCUT2D eigenvalue weighted by molar-refractivity contribution is 0.0954. The largest absolute Gasteiger partial charge is 0.385 e. The van der Waals surface area contributed by atoms with Crippen LogP contribution in [-0.2, 0) is 6.42 Å². The van der Waals surface area contributed by atoms with Crippen molar-refractivity contribution in [1.82, 2.24) is 10.3 Å². The van der Waals surface area contributed by atoms with E-state index in [4.69, 9.17) is 0 Å². The van der Waals surface area contributed by atoms with E-state index in [1.807, 2.05) is 42.6 Å². The fourth-order valence-electron chi connectivity index (χ4n) is 1.98. The molecule has 21 heavy (non-hydrogen) atoms. The van der Waals surface area contributed by atoms with Crippen molar-refractivity contribution in [3.05, 3.63) is 59.9 Å². The van der Waals surface area contributed by atoms with E-state index in [0.29, 0.717) is 12.1 Å². The van der Waals surface area contributed by atoms with Gasteiger partial charge in [0.2, 0.25) is 0 Å². The second-order valence-corrected chi connectivity index (χ2v) is 4.87. The Balaban J connectivity index is 1.80. The number of aromatic nitrogens is 1. The second kappa shape index (κ2) is 8.04. The third kappa shape index (κ3) is 4.91. The molecule has 4 heteroatoms. The molecule has 2 aromatic rings. The smallest absolute Gasteiger partial charge is 0.251 e. The standard InChI is InChI=1S/C17H21N3O/c1-2-10-19-16-7-5-15(6-8-16)17(21)20-12-9-14-4-3-11-18-13-14/h3-8,11,13,19H,2,9-10,12H2,1H3,(H,20,21). The van der Waals surface area contributed by atoms with Crippen molar-refractivity contribution < 1.29 is 4.79 Å². The molecule has 0 fully saturated rings. The van der Waals surface area contributed by atoms with Crippen molar-refractivity contribution in [2.75, 3.05) is 18.4 Å². The quantitative estimate of drug-likeness (QED) is 0.821. The summed E-state index contributed by atoms with van der Waals surface area (Å²) in [5.74, 6) is -0.0408. The number of rotatable bonds is 7. The molecular weight excluding hydrogens is 262 g/mol. The Labute approximate surface area is 125 Å². The number of carbonyl (C=O) groups excluding carboxylic acids is 1. The zero-order valence-corrected chi connectivity index (χ0v) is 12.3. The van der Waals surface area contributed by atoms with Gasteiger partial charge in [-0.2, -0.15) is 0 Å². The van der Waals surface area contributed by atoms with Crippen LogP contribution in [0.25, 0.3) is 0 Å². The van der Waals surface area contributed by atoms with E-state index >= 15 is 0 Å². The summed E-state index contributed by atoms with van der Waals surface area (Å²) in [5.41, 5.74) is 2.85. The van der Waals surface area contributed by atoms with Crippen LogP contribution in [0.2, 0.25) is 0 Å². The van der Waals surface area contributed by atoms with E-state index in [-0.39, 0.29) is 5.91 Å². The molecular formula is C17H21N3O. The molecule has 0 spiro atoms. The van der Waals surface area contributed by atoms with Gasteiger partial charge in [-0.05, 0) is 48.7 Å². The SMILES string of the molecule is CCCNc1ccc(C(=O)NCCc2cccnc2)cc1. The van der Waals surface area contributed by atoms with Crippen LogP contribution in [-0.4, -0.2) is 24.0 Å². The number of pyridine rings is 1. The summed E-state index contributed by atoms with van der Waals surface area (Å²) in [6.45, 7) is 3.67. The van der Waals surface area contributed by atoms with Gasteiger partial charge in [-0.1, -0.05) is 13.0 Å². The number of anilines is 1. The van der Waals surface area contributed by atoms with Crippen LogP contribution >= 0.6 is 0 Å². The Morgan fingerprint density at radius 3 is 2.62 bits per heavy atom. The molecule has 2 N–H and O–H groups in total. The van der Waals surface area contributed by atoms with Gasteiger partial charge >= 0.3 is 0 Å². The van der Waals surface area contributed by atoms with Gasteiger partial charge in [-0.3, -0.25) is 9.78 Å². The Kier molecular flexibility index (Phi) is 5.76. The molecule has 0 atom stereocenters. The molecule has 4 nitrogen and oxygen atoms in total. The number of amides is 1. The maximum Gasteiger partial charge on any atom is 0.251 e. The molecule has 0 aliphatic rings. The lowest BCUT2D eigenvalue weighted by atomic mass is 10.1. The summed E-state index contributed by atoms with van der Waals surface area (Å²) in [6, 6.07) is 11.5. The van der Waals surface area contributed by atoms with E-state index in [9.17, 15) is 4.79 Å². The summed E-state index contributed by atoms with van der Waals surface area (Å²) in [5, 5.41) is 6.21. The van der Waals surface area contributed by atoms with Gasteiger partial charge in [-0.15, -0.1) is 0 Å². The molecule has 0 aliphatic heterocycles. The molecule has 0 saturated carbocycles. The molecule has 2 rings (SSSR count). The first kappa shape index (κ1) is 15.0. The van der Waals surface area contributed by atoms with Crippen LogP contribution in [0.1, 0.15) is 29.3 Å². The Morgan fingerprint density at radius 2 is 1.95 bits per heavy atom. The molecule has 0 aliphatic carbocycles. The highest BCUT2D eigenvalue weighted by Gasteiger charge is 2.04. The van der Waals surface area contributed by atoms with Gasteiger partial charge < -0.3 is 10.6 Å². The molecule has 0 unspecified atom stereocenters. The highest BCUT2D eigenvalue weighted by Crippen LogP contribution is 2.09. The number of nitrogens with one attached hydrogen (secondary N) is 2. The summed E-state index contributed by atoms with van der Waals surface area (Å²) < 4.78 is 0. The fourth-order valence-corrected chi connectivity index (χ4v) is 1.98. The molecule has 1 aromatic heterocycles. The minimum Gasteiger partial charge on any atom is -0.385 e. The molecule has 1 amide bonds. The molecule has 0 saturated heterocycles. The summed E-state index contributed by atoms with van der Waals surface area (Å²) in [4.78, 5) is 16.1. The van der Waals surface area contributed by atoms with E-state index < -0.39 is 0 Å². The topological polar surface area (TPSA) is 54.0 Å². The number of hydrogen-bond donors (Lipinski definition) is 2. The third-order valence-corrected chi connectivity index (χ3v) is 3.15. The lowest BCUT2D eigenvalue weighted by Gasteiger charge is -2.07. The molecule has 0 bridgehead atoms. The van der Waals surface area contributed by atoms with Crippen LogP contribution in [0.15, 0.2) is 48.8 Å². The number of nitrogens with zero attached hydrogens (tertiary/aromatic N) is 1. The van der Waals surface area contributed by atoms with Crippen LogP contribution in [0.5, 0.6) is 0 Å². The van der Waals surface area contributed by atoms with Crippen molar-refractivity contribution in [2.24, 2.45) is 0 Å². The highest BCUT2D eigenvalue weighted by molar-refractivity contribution is 5.94. The maximum absolute atomic E-state index is 12.0. The van der Waals surface area contributed by atoms with Crippen LogP contribution in [0, 0.1) is 0 Å². The van der Waals surface area contributed by atoms with Crippen molar-refractivity contribution in [3.63, 3.8) is 0 Å². The van der Waals surface area contributed by atoms with Crippen molar-refractivity contribution in [1.29, 1.82) is 0 Å². The zero-order chi connectivity index (χ0) is 14.9. The number of hydrogen-bond acceptors (Lipinski definition) is 3. The highest BCUT2D eigenvalue weighted by atomic mass is 16.1. The maximum atomic E-state index is 12.0. The fraction of sp³-hybridized carbons (Fsp3) is 0.294. The van der Waals surface area contributed by atoms with Gasteiger partial charge in [0.15, 0.2) is 0 Å². The lowest BCUT2D eigenvalue weighted by Crippen LogP contribution is -2.25. The van der Waals surface area contributed by atoms with Crippen molar-refractivity contribution in [3.8, 4) is 0 Å². The second-order valence-electron chi connectivity index (χ2n) is 4.87. The first-order valence-corrected chi connectivity index (χ1v) is 7.30. The molecule has 1 aromatic carbocycles. The van der Waals surface area contributed by atoms with Gasteiger partial charge in [0.1, 0.15) is 0 Å². The molecule has 110 valence electrons. The van der Waals surface area contributed by atoms with Gasteiger partial charge in [0, 0.05) is 36.7 Å². The minimum atomic E-state index is -0.0408. The first-order valence-electron chi connectivity index (χ1n) is 7.30. The Morgan fingerprint density at radius 1 is 1.14 bits per heavy atom. The number of carbonyl (C=O) groups is 1.